The van der Waals surface area contributed by atoms with E-state index >= 15 is 0 Å². The molecule has 1 aromatic carbocycles. The largest absolute Gasteiger partial charge is 0.504 e. The molecule has 0 unspecified atom stereocenters. The number of rotatable bonds is 2. The summed E-state index contributed by atoms with van der Waals surface area (Å²) in [4.78, 5) is 0. The molecule has 154 valence electrons. The van der Waals surface area contributed by atoms with E-state index in [0.717, 1.165) is 12.0 Å². The number of aromatic hydroxyl groups is 1. The average Bonchev–Trinajstić information content (AvgIpc) is 2.72. The van der Waals surface area contributed by atoms with Gasteiger partial charge in [-0.2, -0.15) is 15.8 Å². The van der Waals surface area contributed by atoms with E-state index in [1.807, 2.05) is 6.08 Å². The highest BCUT2D eigenvalue weighted by atomic mass is 16.5. The van der Waals surface area contributed by atoms with Crippen molar-refractivity contribution in [3.63, 3.8) is 0 Å². The highest BCUT2D eigenvalue weighted by molar-refractivity contribution is 5.61. The van der Waals surface area contributed by atoms with Crippen molar-refractivity contribution in [1.29, 1.82) is 15.8 Å². The van der Waals surface area contributed by atoms with Crippen LogP contribution in [0.1, 0.15) is 45.1 Å². The topological polar surface area (TPSA) is 127 Å². The van der Waals surface area contributed by atoms with Crippen LogP contribution in [0.15, 0.2) is 41.1 Å². The quantitative estimate of drug-likeness (QED) is 0.760. The van der Waals surface area contributed by atoms with Crippen molar-refractivity contribution in [3.05, 3.63) is 46.7 Å². The number of hydrogen-bond acceptors (Lipinski definition) is 6. The standard InChI is InChI=1S/C24H26N4O2/c1-23(2,3)14-8-9-15-17(10-14)20(16-6-5-7-19(30-4)21(16)29)24(12-26,13-27)22(28)18(15)11-25/h5-7,9,14,17,20,29H,8,10,28H2,1-4H3/t14-,17-,20-/m0/s1. The third-order valence-corrected chi connectivity index (χ3v) is 6.69. The van der Waals surface area contributed by atoms with Crippen LogP contribution < -0.4 is 10.5 Å². The van der Waals surface area contributed by atoms with Crippen molar-refractivity contribution in [3.8, 4) is 29.7 Å². The maximum Gasteiger partial charge on any atom is 0.191 e. The fourth-order valence-electron chi connectivity index (χ4n) is 4.90. The van der Waals surface area contributed by atoms with Crippen molar-refractivity contribution in [2.45, 2.75) is 39.5 Å². The number of ether oxygens (including phenoxy) is 1. The number of nitrogens with zero attached hydrogens (tertiary/aromatic N) is 3. The van der Waals surface area contributed by atoms with E-state index in [0.29, 0.717) is 12.0 Å². The van der Waals surface area contributed by atoms with Gasteiger partial charge in [0.15, 0.2) is 16.9 Å². The van der Waals surface area contributed by atoms with Crippen LogP contribution in [0.25, 0.3) is 0 Å². The lowest BCUT2D eigenvalue weighted by Gasteiger charge is -2.47. The van der Waals surface area contributed by atoms with E-state index in [1.54, 1.807) is 18.2 Å². The zero-order valence-corrected chi connectivity index (χ0v) is 17.7. The minimum atomic E-state index is -1.77. The Hall–Kier alpha value is -3.43. The Morgan fingerprint density at radius 3 is 2.40 bits per heavy atom. The molecule has 0 spiro atoms. The molecule has 3 atom stereocenters. The molecule has 3 rings (SSSR count). The number of methoxy groups -OCH3 is 1. The number of allylic oxidation sites excluding steroid dienone is 4. The predicted octanol–water partition coefficient (Wildman–Crippen LogP) is 4.27. The molecule has 0 radical (unpaired) electrons. The summed E-state index contributed by atoms with van der Waals surface area (Å²) in [5.74, 6) is -0.584. The van der Waals surface area contributed by atoms with Gasteiger partial charge in [0.1, 0.15) is 6.07 Å². The fraction of sp³-hybridized carbons (Fsp3) is 0.458. The zero-order valence-electron chi connectivity index (χ0n) is 17.7. The minimum absolute atomic E-state index is 0.00443. The van der Waals surface area contributed by atoms with E-state index in [9.17, 15) is 20.9 Å². The Kier molecular flexibility index (Phi) is 5.27. The van der Waals surface area contributed by atoms with Crippen LogP contribution in [0, 0.1) is 56.7 Å². The number of para-hydroxylation sites is 1. The SMILES string of the molecule is COc1cccc([C@H]2[C@H]3C[C@@H](C(C)(C)C)CC=C3C(C#N)=C(N)C2(C#N)C#N)c1O. The lowest BCUT2D eigenvalue weighted by molar-refractivity contribution is 0.169. The molecular formula is C24H26N4O2. The maximum absolute atomic E-state index is 10.9. The molecule has 6 nitrogen and oxygen atoms in total. The lowest BCUT2D eigenvalue weighted by Crippen LogP contribution is -2.44. The van der Waals surface area contributed by atoms with Crippen molar-refractivity contribution < 1.29 is 9.84 Å². The fourth-order valence-corrected chi connectivity index (χ4v) is 4.90. The number of nitriles is 3. The van der Waals surface area contributed by atoms with Gasteiger partial charge in [0, 0.05) is 11.5 Å². The van der Waals surface area contributed by atoms with Crippen LogP contribution in [0.3, 0.4) is 0 Å². The first-order chi connectivity index (χ1) is 14.2. The summed E-state index contributed by atoms with van der Waals surface area (Å²) >= 11 is 0. The first-order valence-electron chi connectivity index (χ1n) is 9.95. The van der Waals surface area contributed by atoms with Crippen LogP contribution >= 0.6 is 0 Å². The molecule has 1 aromatic rings. The molecule has 0 bridgehead atoms. The molecule has 3 N–H and O–H groups in total. The van der Waals surface area contributed by atoms with Gasteiger partial charge in [-0.15, -0.1) is 0 Å². The summed E-state index contributed by atoms with van der Waals surface area (Å²) in [7, 11) is 1.45. The van der Waals surface area contributed by atoms with Gasteiger partial charge in [0.2, 0.25) is 0 Å². The van der Waals surface area contributed by atoms with Crippen LogP contribution in [0.2, 0.25) is 0 Å². The Bertz CT molecular complexity index is 1040. The van der Waals surface area contributed by atoms with Crippen LogP contribution in [-0.2, 0) is 0 Å². The monoisotopic (exact) mass is 402 g/mol. The molecule has 0 amide bonds. The zero-order chi connectivity index (χ0) is 22.3. The molecule has 0 aliphatic heterocycles. The van der Waals surface area contributed by atoms with Gasteiger partial charge in [-0.05, 0) is 41.7 Å². The molecule has 0 heterocycles. The summed E-state index contributed by atoms with van der Waals surface area (Å²) in [6.45, 7) is 6.48. The predicted molar refractivity (Wildman–Crippen MR) is 112 cm³/mol. The van der Waals surface area contributed by atoms with E-state index < -0.39 is 11.3 Å². The smallest absolute Gasteiger partial charge is 0.191 e. The molecule has 2 aliphatic carbocycles. The molecule has 6 heteroatoms. The van der Waals surface area contributed by atoms with Crippen molar-refractivity contribution >= 4 is 0 Å². The second-order valence-corrected chi connectivity index (χ2v) is 9.11. The van der Waals surface area contributed by atoms with Gasteiger partial charge in [0.25, 0.3) is 0 Å². The number of nitrogens with two attached hydrogens (primary N) is 1. The Morgan fingerprint density at radius 2 is 1.87 bits per heavy atom. The van der Waals surface area contributed by atoms with Gasteiger partial charge in [-0.3, -0.25) is 0 Å². The lowest BCUT2D eigenvalue weighted by atomic mass is 9.54. The van der Waals surface area contributed by atoms with Gasteiger partial charge in [-0.1, -0.05) is 39.0 Å². The summed E-state index contributed by atoms with van der Waals surface area (Å²) in [6.07, 6.45) is 3.50. The first-order valence-corrected chi connectivity index (χ1v) is 9.95. The Morgan fingerprint density at radius 1 is 1.20 bits per heavy atom. The van der Waals surface area contributed by atoms with Gasteiger partial charge >= 0.3 is 0 Å². The molecule has 30 heavy (non-hydrogen) atoms. The first kappa shape index (κ1) is 21.3. The Labute approximate surface area is 177 Å². The average molecular weight is 402 g/mol. The number of benzene rings is 1. The molecule has 0 saturated heterocycles. The molecular weight excluding hydrogens is 376 g/mol. The summed E-state index contributed by atoms with van der Waals surface area (Å²) in [5.41, 5.74) is 5.94. The molecule has 0 saturated carbocycles. The third kappa shape index (κ3) is 2.99. The second kappa shape index (κ2) is 7.43. The number of fused-ring (bicyclic) bond motifs is 1. The molecule has 0 fully saturated rings. The van der Waals surface area contributed by atoms with Crippen LogP contribution in [0.5, 0.6) is 11.5 Å². The van der Waals surface area contributed by atoms with Crippen molar-refractivity contribution in [2.24, 2.45) is 28.4 Å². The maximum atomic E-state index is 10.9. The highest BCUT2D eigenvalue weighted by Crippen LogP contribution is 2.59. The summed E-state index contributed by atoms with van der Waals surface area (Å²) in [6, 6.07) is 11.4. The van der Waals surface area contributed by atoms with Crippen molar-refractivity contribution in [2.75, 3.05) is 7.11 Å². The normalized spacial score (nSPS) is 25.2. The van der Waals surface area contributed by atoms with E-state index in [4.69, 9.17) is 10.5 Å². The highest BCUT2D eigenvalue weighted by Gasteiger charge is 2.55. The number of phenols is 1. The van der Waals surface area contributed by atoms with E-state index in [1.165, 1.54) is 7.11 Å². The van der Waals surface area contributed by atoms with Crippen LogP contribution in [0.4, 0.5) is 0 Å². The van der Waals surface area contributed by atoms with Gasteiger partial charge in [-0.25, -0.2) is 0 Å². The van der Waals surface area contributed by atoms with Crippen LogP contribution in [-0.4, -0.2) is 12.2 Å². The Balaban J connectivity index is 2.35. The number of hydrogen-bond donors (Lipinski definition) is 2. The number of phenolic OH excluding ortho intramolecular Hbond substituents is 1. The van der Waals surface area contributed by atoms with Gasteiger partial charge < -0.3 is 15.6 Å². The second-order valence-electron chi connectivity index (χ2n) is 9.11. The van der Waals surface area contributed by atoms with Crippen molar-refractivity contribution in [1.82, 2.24) is 0 Å². The van der Waals surface area contributed by atoms with E-state index in [-0.39, 0.29) is 40.0 Å². The molecule has 2 aliphatic rings. The minimum Gasteiger partial charge on any atom is -0.504 e. The summed E-state index contributed by atoms with van der Waals surface area (Å²) < 4.78 is 5.27. The molecule has 0 aromatic heterocycles. The van der Waals surface area contributed by atoms with E-state index in [2.05, 4.69) is 39.0 Å². The van der Waals surface area contributed by atoms with Gasteiger partial charge in [0.05, 0.1) is 30.5 Å². The summed E-state index contributed by atoms with van der Waals surface area (Å²) in [5, 5.41) is 41.1. The third-order valence-electron chi connectivity index (χ3n) is 6.69.